The van der Waals surface area contributed by atoms with Gasteiger partial charge in [-0.05, 0) is 32.0 Å². The molecule has 1 unspecified atom stereocenters. The summed E-state index contributed by atoms with van der Waals surface area (Å²) in [5.41, 5.74) is 6.46. The van der Waals surface area contributed by atoms with E-state index in [1.54, 1.807) is 24.3 Å². The molecule has 0 aromatic heterocycles. The molecule has 18 heavy (non-hydrogen) atoms. The van der Waals surface area contributed by atoms with Crippen molar-refractivity contribution in [2.24, 2.45) is 5.73 Å². The molecule has 0 aliphatic rings. The van der Waals surface area contributed by atoms with Crippen molar-refractivity contribution < 1.29 is 13.2 Å². The van der Waals surface area contributed by atoms with Crippen LogP contribution in [0.5, 0.6) is 0 Å². The lowest BCUT2D eigenvalue weighted by Gasteiger charge is -2.17. The number of aryl methyl sites for hydroxylation is 1. The highest BCUT2D eigenvalue weighted by molar-refractivity contribution is 7.89. The number of nitrogens with one attached hydrogen (secondary N) is 1. The van der Waals surface area contributed by atoms with E-state index in [1.807, 2.05) is 6.92 Å². The lowest BCUT2D eigenvalue weighted by atomic mass is 10.2. The fourth-order valence-corrected chi connectivity index (χ4v) is 2.84. The first kappa shape index (κ1) is 15.1. The number of hydrogen-bond donors (Lipinski definition) is 2. The molecule has 0 aliphatic carbocycles. The third-order valence-electron chi connectivity index (χ3n) is 2.54. The summed E-state index contributed by atoms with van der Waals surface area (Å²) < 4.78 is 31.8. The quantitative estimate of drug-likeness (QED) is 0.763. The Morgan fingerprint density at radius 2 is 1.94 bits per heavy atom. The van der Waals surface area contributed by atoms with Crippen molar-refractivity contribution in [2.75, 3.05) is 20.3 Å². The van der Waals surface area contributed by atoms with E-state index in [0.29, 0.717) is 19.6 Å². The van der Waals surface area contributed by atoms with Crippen LogP contribution in [0.2, 0.25) is 0 Å². The number of benzene rings is 1. The third-order valence-corrected chi connectivity index (χ3v) is 4.07. The molecule has 6 heteroatoms. The lowest BCUT2D eigenvalue weighted by molar-refractivity contribution is 0.172. The van der Waals surface area contributed by atoms with Crippen LogP contribution in [0, 0.1) is 6.92 Å². The van der Waals surface area contributed by atoms with Crippen LogP contribution in [0.1, 0.15) is 12.0 Å². The number of methoxy groups -OCH3 is 1. The van der Waals surface area contributed by atoms with Crippen LogP contribution in [0.25, 0.3) is 0 Å². The van der Waals surface area contributed by atoms with E-state index in [9.17, 15) is 8.42 Å². The first-order chi connectivity index (χ1) is 8.49. The Kier molecular flexibility index (Phi) is 5.74. The van der Waals surface area contributed by atoms with Gasteiger partial charge in [0.1, 0.15) is 0 Å². The fourth-order valence-electron chi connectivity index (χ4n) is 1.58. The standard InChI is InChI=1S/C12H20N2O3S/c1-10-3-5-12(6-4-10)18(15,16)14-11(7-8-13)9-17-2/h3-6,11,14H,7-9,13H2,1-2H3. The van der Waals surface area contributed by atoms with E-state index in [4.69, 9.17) is 10.5 Å². The number of nitrogens with two attached hydrogens (primary N) is 1. The molecule has 0 heterocycles. The van der Waals surface area contributed by atoms with E-state index in [0.717, 1.165) is 5.56 Å². The summed E-state index contributed by atoms with van der Waals surface area (Å²) in [4.78, 5) is 0.256. The van der Waals surface area contributed by atoms with Crippen molar-refractivity contribution in [2.45, 2.75) is 24.3 Å². The highest BCUT2D eigenvalue weighted by Gasteiger charge is 2.19. The Morgan fingerprint density at radius 1 is 1.33 bits per heavy atom. The largest absolute Gasteiger partial charge is 0.383 e. The van der Waals surface area contributed by atoms with Gasteiger partial charge in [0.25, 0.3) is 0 Å². The van der Waals surface area contributed by atoms with Gasteiger partial charge in [-0.15, -0.1) is 0 Å². The van der Waals surface area contributed by atoms with Crippen molar-refractivity contribution in [1.82, 2.24) is 4.72 Å². The average Bonchev–Trinajstić information content (AvgIpc) is 2.29. The zero-order valence-corrected chi connectivity index (χ0v) is 11.5. The van der Waals surface area contributed by atoms with Crippen molar-refractivity contribution >= 4 is 10.0 Å². The minimum atomic E-state index is -3.51. The average molecular weight is 272 g/mol. The maximum atomic E-state index is 12.1. The first-order valence-corrected chi connectivity index (χ1v) is 7.26. The van der Waals surface area contributed by atoms with E-state index in [2.05, 4.69) is 4.72 Å². The van der Waals surface area contributed by atoms with Gasteiger partial charge < -0.3 is 10.5 Å². The molecule has 5 nitrogen and oxygen atoms in total. The Bertz CT molecular complexity index is 451. The van der Waals surface area contributed by atoms with Crippen LogP contribution in [0.15, 0.2) is 29.2 Å². The van der Waals surface area contributed by atoms with E-state index < -0.39 is 10.0 Å². The molecule has 1 atom stereocenters. The number of rotatable bonds is 7. The second-order valence-electron chi connectivity index (χ2n) is 4.16. The fraction of sp³-hybridized carbons (Fsp3) is 0.500. The molecule has 0 saturated carbocycles. The van der Waals surface area contributed by atoms with E-state index in [-0.39, 0.29) is 10.9 Å². The molecule has 0 spiro atoms. The Balaban J connectivity index is 2.82. The maximum Gasteiger partial charge on any atom is 0.240 e. The molecule has 1 aromatic rings. The molecule has 1 rings (SSSR count). The number of sulfonamides is 1. The zero-order chi connectivity index (χ0) is 13.6. The van der Waals surface area contributed by atoms with E-state index in [1.165, 1.54) is 7.11 Å². The SMILES string of the molecule is COCC(CCN)NS(=O)(=O)c1ccc(C)cc1. The molecule has 0 amide bonds. The summed E-state index contributed by atoms with van der Waals surface area (Å²) >= 11 is 0. The smallest absolute Gasteiger partial charge is 0.240 e. The Labute approximate surface area is 108 Å². The topological polar surface area (TPSA) is 81.4 Å². The molecule has 1 aromatic carbocycles. The van der Waals surface area contributed by atoms with Gasteiger partial charge in [-0.25, -0.2) is 13.1 Å². The summed E-state index contributed by atoms with van der Waals surface area (Å²) in [6.07, 6.45) is 0.541. The van der Waals surface area contributed by atoms with Gasteiger partial charge in [0.2, 0.25) is 10.0 Å². The van der Waals surface area contributed by atoms with Gasteiger partial charge in [0.15, 0.2) is 0 Å². The minimum absolute atomic E-state index is 0.256. The lowest BCUT2D eigenvalue weighted by Crippen LogP contribution is -2.39. The van der Waals surface area contributed by atoms with Gasteiger partial charge in [-0.2, -0.15) is 0 Å². The Morgan fingerprint density at radius 3 is 2.44 bits per heavy atom. The van der Waals surface area contributed by atoms with Crippen LogP contribution in [-0.2, 0) is 14.8 Å². The summed E-state index contributed by atoms with van der Waals surface area (Å²) in [7, 11) is -1.97. The summed E-state index contributed by atoms with van der Waals surface area (Å²) in [6, 6.07) is 6.41. The normalized spacial score (nSPS) is 13.5. The van der Waals surface area contributed by atoms with Crippen LogP contribution >= 0.6 is 0 Å². The number of hydrogen-bond acceptors (Lipinski definition) is 4. The number of ether oxygens (including phenoxy) is 1. The van der Waals surface area contributed by atoms with Crippen LogP contribution in [-0.4, -0.2) is 34.7 Å². The minimum Gasteiger partial charge on any atom is -0.383 e. The Hall–Kier alpha value is -0.950. The van der Waals surface area contributed by atoms with Crippen molar-refractivity contribution in [3.05, 3.63) is 29.8 Å². The van der Waals surface area contributed by atoms with Gasteiger partial charge in [-0.1, -0.05) is 17.7 Å². The van der Waals surface area contributed by atoms with Gasteiger partial charge in [-0.3, -0.25) is 0 Å². The summed E-state index contributed by atoms with van der Waals surface area (Å²) in [5, 5.41) is 0. The monoisotopic (exact) mass is 272 g/mol. The third kappa shape index (κ3) is 4.38. The summed E-state index contributed by atoms with van der Waals surface area (Å²) in [5.74, 6) is 0. The van der Waals surface area contributed by atoms with Crippen LogP contribution in [0.3, 0.4) is 0 Å². The van der Waals surface area contributed by atoms with Gasteiger partial charge in [0, 0.05) is 13.2 Å². The van der Waals surface area contributed by atoms with Gasteiger partial charge in [0.05, 0.1) is 11.5 Å². The zero-order valence-electron chi connectivity index (χ0n) is 10.7. The van der Waals surface area contributed by atoms with E-state index >= 15 is 0 Å². The molecular formula is C12H20N2O3S. The second-order valence-corrected chi connectivity index (χ2v) is 5.88. The van der Waals surface area contributed by atoms with Gasteiger partial charge >= 0.3 is 0 Å². The molecule has 0 radical (unpaired) electrons. The molecule has 102 valence electrons. The summed E-state index contributed by atoms with van der Waals surface area (Å²) in [6.45, 7) is 2.62. The highest BCUT2D eigenvalue weighted by Crippen LogP contribution is 2.11. The predicted molar refractivity (Wildman–Crippen MR) is 70.8 cm³/mol. The molecule has 0 bridgehead atoms. The predicted octanol–water partition coefficient (Wildman–Crippen LogP) is 0.637. The van der Waals surface area contributed by atoms with Crippen molar-refractivity contribution in [1.29, 1.82) is 0 Å². The molecule has 3 N–H and O–H groups in total. The van der Waals surface area contributed by atoms with Crippen molar-refractivity contribution in [3.63, 3.8) is 0 Å². The first-order valence-electron chi connectivity index (χ1n) is 5.77. The van der Waals surface area contributed by atoms with Crippen LogP contribution < -0.4 is 10.5 Å². The van der Waals surface area contributed by atoms with Crippen molar-refractivity contribution in [3.8, 4) is 0 Å². The second kappa shape index (κ2) is 6.84. The molecular weight excluding hydrogens is 252 g/mol. The molecule has 0 saturated heterocycles. The maximum absolute atomic E-state index is 12.1. The van der Waals surface area contributed by atoms with Crippen LogP contribution in [0.4, 0.5) is 0 Å². The highest BCUT2D eigenvalue weighted by atomic mass is 32.2. The molecule has 0 fully saturated rings. The molecule has 0 aliphatic heterocycles.